The van der Waals surface area contributed by atoms with E-state index < -0.39 is 0 Å². The van der Waals surface area contributed by atoms with Crippen LogP contribution in [0, 0.1) is 5.92 Å². The normalized spacial score (nSPS) is 14.2. The molecule has 1 aromatic carbocycles. The van der Waals surface area contributed by atoms with Gasteiger partial charge in [0, 0.05) is 30.0 Å². The second-order valence-corrected chi connectivity index (χ2v) is 11.6. The summed E-state index contributed by atoms with van der Waals surface area (Å²) in [4.78, 5) is 31.0. The third-order valence-electron chi connectivity index (χ3n) is 6.34. The van der Waals surface area contributed by atoms with Gasteiger partial charge in [-0.3, -0.25) is 14.7 Å². The Bertz CT molecular complexity index is 1350. The fourth-order valence-corrected chi connectivity index (χ4v) is 5.16. The van der Waals surface area contributed by atoms with Crippen LogP contribution in [0.1, 0.15) is 56.5 Å². The molecule has 1 fully saturated rings. The first-order valence-corrected chi connectivity index (χ1v) is 13.0. The van der Waals surface area contributed by atoms with Crippen molar-refractivity contribution < 1.29 is 9.59 Å². The maximum Gasteiger partial charge on any atom is 0.271 e. The van der Waals surface area contributed by atoms with E-state index in [1.807, 2.05) is 10.6 Å². The van der Waals surface area contributed by atoms with E-state index in [-0.39, 0.29) is 34.3 Å². The molecule has 11 heteroatoms. The van der Waals surface area contributed by atoms with Crippen LogP contribution < -0.4 is 10.6 Å². The maximum absolute atomic E-state index is 13.2. The number of anilines is 1. The van der Waals surface area contributed by atoms with Crippen molar-refractivity contribution in [2.24, 2.45) is 5.92 Å². The molecule has 0 aliphatic carbocycles. The molecule has 0 atom stereocenters. The molecule has 37 heavy (non-hydrogen) atoms. The monoisotopic (exact) mass is 545 g/mol. The van der Waals surface area contributed by atoms with Crippen molar-refractivity contribution in [3.8, 4) is 0 Å². The number of aromatic nitrogens is 4. The van der Waals surface area contributed by atoms with Crippen LogP contribution in [0.15, 0.2) is 24.8 Å². The minimum atomic E-state index is -0.310. The molecule has 0 bridgehead atoms. The zero-order valence-corrected chi connectivity index (χ0v) is 23.3. The number of carbonyl (C=O) groups is 2. The minimum Gasteiger partial charge on any atom is -0.361 e. The van der Waals surface area contributed by atoms with Crippen molar-refractivity contribution in [2.45, 2.75) is 59.2 Å². The predicted molar refractivity (Wildman–Crippen MR) is 147 cm³/mol. The summed E-state index contributed by atoms with van der Waals surface area (Å²) in [6.45, 7) is 15.7. The summed E-state index contributed by atoms with van der Waals surface area (Å²) in [6.07, 6.45) is 1.27. The molecule has 0 unspecified atom stereocenters. The molecule has 4 rings (SSSR count). The standard InChI is InChI=1S/C26H33Cl2N7O2/c1-7-21(36)34-12-15(13-34)30-25(37)22-23(28)31-20(35(22)11-14(2)3)10-29-24-16-8-17(26(4,5)6)18(27)9-19(16)32-33-24/h7-9,14-15H,1,10-13H2,2-6H3,(H,30,37)(H2,29,32,33). The van der Waals surface area contributed by atoms with Crippen molar-refractivity contribution in [1.29, 1.82) is 0 Å². The number of likely N-dealkylation sites (tertiary alicyclic amines) is 1. The van der Waals surface area contributed by atoms with Crippen LogP contribution in [0.4, 0.5) is 5.82 Å². The quantitative estimate of drug-likeness (QED) is 0.353. The molecule has 1 aliphatic heterocycles. The average Bonchev–Trinajstić information content (AvgIpc) is 3.31. The summed E-state index contributed by atoms with van der Waals surface area (Å²) in [6, 6.07) is 3.80. The van der Waals surface area contributed by atoms with Gasteiger partial charge in [0.05, 0.1) is 18.1 Å². The number of aromatic amines is 1. The number of imidazole rings is 1. The van der Waals surface area contributed by atoms with Crippen LogP contribution in [0.5, 0.6) is 0 Å². The molecular weight excluding hydrogens is 513 g/mol. The molecular formula is C26H33Cl2N7O2. The lowest BCUT2D eigenvalue weighted by molar-refractivity contribution is -0.130. The van der Waals surface area contributed by atoms with Crippen LogP contribution in [0.25, 0.3) is 10.9 Å². The lowest BCUT2D eigenvalue weighted by Gasteiger charge is -2.38. The van der Waals surface area contributed by atoms with Gasteiger partial charge in [-0.25, -0.2) is 4.98 Å². The van der Waals surface area contributed by atoms with Gasteiger partial charge in [0.25, 0.3) is 5.91 Å². The highest BCUT2D eigenvalue weighted by Gasteiger charge is 2.32. The van der Waals surface area contributed by atoms with Gasteiger partial charge < -0.3 is 20.1 Å². The fourth-order valence-electron chi connectivity index (χ4n) is 4.42. The second kappa shape index (κ2) is 10.4. The van der Waals surface area contributed by atoms with E-state index in [2.05, 4.69) is 73.1 Å². The summed E-state index contributed by atoms with van der Waals surface area (Å²) >= 11 is 13.0. The van der Waals surface area contributed by atoms with Crippen molar-refractivity contribution in [3.05, 3.63) is 52.0 Å². The van der Waals surface area contributed by atoms with E-state index in [0.717, 1.165) is 16.5 Å². The molecule has 3 aromatic rings. The first kappa shape index (κ1) is 27.0. The average molecular weight is 547 g/mol. The van der Waals surface area contributed by atoms with Gasteiger partial charge >= 0.3 is 0 Å². The van der Waals surface area contributed by atoms with E-state index in [1.165, 1.54) is 6.08 Å². The number of H-pyrrole nitrogens is 1. The van der Waals surface area contributed by atoms with Gasteiger partial charge in [0.2, 0.25) is 5.91 Å². The van der Waals surface area contributed by atoms with Gasteiger partial charge in [-0.2, -0.15) is 5.10 Å². The van der Waals surface area contributed by atoms with E-state index in [1.54, 1.807) is 4.90 Å². The molecule has 0 radical (unpaired) electrons. The van der Waals surface area contributed by atoms with Gasteiger partial charge in [0.1, 0.15) is 11.5 Å². The van der Waals surface area contributed by atoms with E-state index in [9.17, 15) is 9.59 Å². The van der Waals surface area contributed by atoms with Crippen molar-refractivity contribution >= 4 is 51.7 Å². The van der Waals surface area contributed by atoms with Crippen LogP contribution in [0.2, 0.25) is 10.2 Å². The van der Waals surface area contributed by atoms with Gasteiger partial charge in [0.15, 0.2) is 11.0 Å². The number of nitrogens with one attached hydrogen (secondary N) is 3. The summed E-state index contributed by atoms with van der Waals surface area (Å²) in [5.74, 6) is 1.09. The Labute approximate surface area is 226 Å². The third-order valence-corrected chi connectivity index (χ3v) is 6.92. The topological polar surface area (TPSA) is 108 Å². The Kier molecular flexibility index (Phi) is 7.57. The minimum absolute atomic E-state index is 0.125. The van der Waals surface area contributed by atoms with Crippen LogP contribution >= 0.6 is 23.2 Å². The maximum atomic E-state index is 13.2. The molecule has 0 spiro atoms. The van der Waals surface area contributed by atoms with Crippen molar-refractivity contribution in [2.75, 3.05) is 18.4 Å². The van der Waals surface area contributed by atoms with Gasteiger partial charge in [-0.05, 0) is 35.1 Å². The first-order valence-electron chi connectivity index (χ1n) is 12.3. The zero-order valence-electron chi connectivity index (χ0n) is 21.8. The fraction of sp³-hybridized carbons (Fsp3) is 0.462. The number of halogens is 2. The molecule has 1 saturated heterocycles. The highest BCUT2D eigenvalue weighted by molar-refractivity contribution is 6.32. The van der Waals surface area contributed by atoms with Gasteiger partial charge in [-0.15, -0.1) is 0 Å². The Morgan fingerprint density at radius 2 is 1.97 bits per heavy atom. The smallest absolute Gasteiger partial charge is 0.271 e. The van der Waals surface area contributed by atoms with E-state index >= 15 is 0 Å². The number of rotatable bonds is 8. The summed E-state index contributed by atoms with van der Waals surface area (Å²) < 4.78 is 1.85. The number of benzene rings is 1. The highest BCUT2D eigenvalue weighted by Crippen LogP contribution is 2.35. The summed E-state index contributed by atoms with van der Waals surface area (Å²) in [5.41, 5.74) is 2.04. The molecule has 2 aromatic heterocycles. The predicted octanol–water partition coefficient (Wildman–Crippen LogP) is 4.76. The highest BCUT2D eigenvalue weighted by atomic mass is 35.5. The SMILES string of the molecule is C=CC(=O)N1CC(NC(=O)c2c(Cl)nc(CNc3n[nH]c4cc(Cl)c(C(C)(C)C)cc34)n2CC(C)C)C1. The van der Waals surface area contributed by atoms with Crippen molar-refractivity contribution in [3.63, 3.8) is 0 Å². The molecule has 1 aliphatic rings. The van der Waals surface area contributed by atoms with Crippen LogP contribution in [-0.2, 0) is 23.3 Å². The molecule has 9 nitrogen and oxygen atoms in total. The Morgan fingerprint density at radius 1 is 1.27 bits per heavy atom. The van der Waals surface area contributed by atoms with Crippen LogP contribution in [0.3, 0.4) is 0 Å². The Hall–Kier alpha value is -3.04. The van der Waals surface area contributed by atoms with Crippen molar-refractivity contribution in [1.82, 2.24) is 30.0 Å². The second-order valence-electron chi connectivity index (χ2n) is 10.8. The molecule has 0 saturated carbocycles. The van der Waals surface area contributed by atoms with E-state index in [4.69, 9.17) is 23.2 Å². The lowest BCUT2D eigenvalue weighted by Crippen LogP contribution is -2.60. The number of nitrogens with zero attached hydrogens (tertiary/aromatic N) is 4. The van der Waals surface area contributed by atoms with Crippen LogP contribution in [-0.4, -0.2) is 55.6 Å². The molecule has 2 amide bonds. The largest absolute Gasteiger partial charge is 0.361 e. The summed E-state index contributed by atoms with van der Waals surface area (Å²) in [7, 11) is 0. The number of hydrogen-bond donors (Lipinski definition) is 3. The number of carbonyl (C=O) groups excluding carboxylic acids is 2. The summed E-state index contributed by atoms with van der Waals surface area (Å²) in [5, 5.41) is 15.5. The number of amides is 2. The number of fused-ring (bicyclic) bond motifs is 1. The zero-order chi connectivity index (χ0) is 27.1. The van der Waals surface area contributed by atoms with Gasteiger partial charge in [-0.1, -0.05) is 64.4 Å². The van der Waals surface area contributed by atoms with E-state index in [0.29, 0.717) is 48.5 Å². The molecule has 3 heterocycles. The number of hydrogen-bond acceptors (Lipinski definition) is 5. The lowest BCUT2D eigenvalue weighted by atomic mass is 9.86. The third kappa shape index (κ3) is 5.62. The Balaban J connectivity index is 1.55. The molecule has 3 N–H and O–H groups in total. The Morgan fingerprint density at radius 3 is 2.59 bits per heavy atom. The molecule has 198 valence electrons. The first-order chi connectivity index (χ1) is 17.4.